The van der Waals surface area contributed by atoms with E-state index in [-0.39, 0.29) is 0 Å². The molecule has 0 bridgehead atoms. The van der Waals surface area contributed by atoms with Crippen molar-refractivity contribution in [3.63, 3.8) is 0 Å². The maximum absolute atomic E-state index is 4.70. The lowest BCUT2D eigenvalue weighted by atomic mass is 10.0. The van der Waals surface area contributed by atoms with Crippen LogP contribution >= 0.6 is 0 Å². The lowest BCUT2D eigenvalue weighted by Crippen LogP contribution is -2.22. The molecule has 1 N–H and O–H groups in total. The van der Waals surface area contributed by atoms with Crippen LogP contribution in [0.25, 0.3) is 5.65 Å². The summed E-state index contributed by atoms with van der Waals surface area (Å²) in [6.45, 7) is 4.46. The minimum Gasteiger partial charge on any atom is -0.372 e. The highest BCUT2D eigenvalue weighted by Crippen LogP contribution is 2.28. The van der Waals surface area contributed by atoms with Crippen molar-refractivity contribution in [1.29, 1.82) is 0 Å². The molecular formula is C14H21N5. The van der Waals surface area contributed by atoms with E-state index >= 15 is 0 Å². The number of anilines is 2. The summed E-state index contributed by atoms with van der Waals surface area (Å²) in [5, 5.41) is 3.12. The summed E-state index contributed by atoms with van der Waals surface area (Å²) in [5.41, 5.74) is 0.955. The van der Waals surface area contributed by atoms with E-state index in [9.17, 15) is 0 Å². The topological polar surface area (TPSA) is 45.5 Å². The Morgan fingerprint density at radius 3 is 3.16 bits per heavy atom. The first-order valence-corrected chi connectivity index (χ1v) is 7.08. The van der Waals surface area contributed by atoms with Crippen molar-refractivity contribution in [2.24, 2.45) is 5.92 Å². The first-order chi connectivity index (χ1) is 9.31. The zero-order valence-electron chi connectivity index (χ0n) is 11.6. The summed E-state index contributed by atoms with van der Waals surface area (Å²) >= 11 is 0. The molecule has 0 amide bonds. The molecule has 0 spiro atoms. The molecule has 5 heteroatoms. The van der Waals surface area contributed by atoms with Gasteiger partial charge < -0.3 is 14.6 Å². The molecule has 0 aliphatic carbocycles. The third kappa shape index (κ3) is 2.25. The Bertz CT molecular complexity index is 562. The van der Waals surface area contributed by atoms with E-state index in [1.54, 1.807) is 0 Å². The van der Waals surface area contributed by atoms with Crippen LogP contribution in [0.15, 0.2) is 18.6 Å². The van der Waals surface area contributed by atoms with E-state index in [4.69, 9.17) is 4.98 Å². The van der Waals surface area contributed by atoms with Gasteiger partial charge in [0.15, 0.2) is 11.5 Å². The third-order valence-corrected chi connectivity index (χ3v) is 3.89. The number of aromatic nitrogens is 3. The molecule has 1 fully saturated rings. The fourth-order valence-electron chi connectivity index (χ4n) is 2.92. The average Bonchev–Trinajstić information content (AvgIpc) is 3.06. The van der Waals surface area contributed by atoms with E-state index < -0.39 is 0 Å². The largest absolute Gasteiger partial charge is 0.372 e. The van der Waals surface area contributed by atoms with Gasteiger partial charge in [-0.15, -0.1) is 0 Å². The van der Waals surface area contributed by atoms with Crippen molar-refractivity contribution in [1.82, 2.24) is 14.4 Å². The van der Waals surface area contributed by atoms with Crippen molar-refractivity contribution < 1.29 is 0 Å². The number of fused-ring (bicyclic) bond motifs is 1. The molecule has 1 unspecified atom stereocenters. The Morgan fingerprint density at radius 1 is 1.47 bits per heavy atom. The Balaban J connectivity index is 1.93. The van der Waals surface area contributed by atoms with Crippen LogP contribution in [0, 0.1) is 5.92 Å². The van der Waals surface area contributed by atoms with Crippen LogP contribution in [-0.2, 0) is 0 Å². The highest BCUT2D eigenvalue weighted by Gasteiger charge is 2.25. The Morgan fingerprint density at radius 2 is 2.37 bits per heavy atom. The highest BCUT2D eigenvalue weighted by molar-refractivity contribution is 5.67. The third-order valence-electron chi connectivity index (χ3n) is 3.89. The van der Waals surface area contributed by atoms with E-state index in [0.717, 1.165) is 36.3 Å². The second kappa shape index (κ2) is 5.07. The fraction of sp³-hybridized carbons (Fsp3) is 0.571. The van der Waals surface area contributed by atoms with Gasteiger partial charge in [-0.25, -0.2) is 9.97 Å². The van der Waals surface area contributed by atoms with Crippen molar-refractivity contribution in [3.05, 3.63) is 18.6 Å². The summed E-state index contributed by atoms with van der Waals surface area (Å²) < 4.78 is 2.04. The minimum atomic E-state index is 0.806. The van der Waals surface area contributed by atoms with Crippen LogP contribution < -0.4 is 10.2 Å². The molecule has 1 atom stereocenters. The van der Waals surface area contributed by atoms with Gasteiger partial charge in [0.2, 0.25) is 0 Å². The molecule has 0 saturated carbocycles. The van der Waals surface area contributed by atoms with Crippen molar-refractivity contribution in [2.75, 3.05) is 30.4 Å². The fourth-order valence-corrected chi connectivity index (χ4v) is 2.92. The normalized spacial score (nSPS) is 19.3. The summed E-state index contributed by atoms with van der Waals surface area (Å²) in [4.78, 5) is 11.5. The van der Waals surface area contributed by atoms with Gasteiger partial charge in [0.25, 0.3) is 0 Å². The van der Waals surface area contributed by atoms with Gasteiger partial charge in [-0.1, -0.05) is 13.3 Å². The molecule has 5 nitrogen and oxygen atoms in total. The van der Waals surface area contributed by atoms with E-state index in [0.29, 0.717) is 0 Å². The summed E-state index contributed by atoms with van der Waals surface area (Å²) in [6.07, 6.45) is 9.63. The maximum atomic E-state index is 4.70. The molecule has 1 aliphatic heterocycles. The standard InChI is InChI=1S/C14H21N5/c1-3-4-11-5-7-18(9-11)14-13-16-6-8-19(13)10-12(15-2)17-14/h6,8,10-11,15H,3-5,7,9H2,1-2H3. The Kier molecular flexibility index (Phi) is 3.27. The molecule has 19 heavy (non-hydrogen) atoms. The zero-order valence-corrected chi connectivity index (χ0v) is 11.6. The molecule has 2 aromatic rings. The lowest BCUT2D eigenvalue weighted by Gasteiger charge is -2.19. The van der Waals surface area contributed by atoms with Crippen molar-refractivity contribution >= 4 is 17.3 Å². The van der Waals surface area contributed by atoms with Crippen LogP contribution in [0.3, 0.4) is 0 Å². The molecule has 1 aliphatic rings. The molecule has 1 saturated heterocycles. The van der Waals surface area contributed by atoms with Crippen molar-refractivity contribution in [2.45, 2.75) is 26.2 Å². The lowest BCUT2D eigenvalue weighted by molar-refractivity contribution is 0.529. The number of nitrogens with one attached hydrogen (secondary N) is 1. The quantitative estimate of drug-likeness (QED) is 0.915. The monoisotopic (exact) mass is 259 g/mol. The second-order valence-corrected chi connectivity index (χ2v) is 5.25. The van der Waals surface area contributed by atoms with Gasteiger partial charge in [-0.05, 0) is 18.8 Å². The molecule has 102 valence electrons. The Labute approximate surface area is 113 Å². The molecule has 0 radical (unpaired) electrons. The first kappa shape index (κ1) is 12.3. The molecule has 3 rings (SSSR count). The van der Waals surface area contributed by atoms with Crippen LogP contribution in [0.1, 0.15) is 26.2 Å². The number of hydrogen-bond donors (Lipinski definition) is 1. The predicted octanol–water partition coefficient (Wildman–Crippen LogP) is 2.40. The average molecular weight is 259 g/mol. The molecule has 3 heterocycles. The second-order valence-electron chi connectivity index (χ2n) is 5.25. The highest BCUT2D eigenvalue weighted by atomic mass is 15.3. The van der Waals surface area contributed by atoms with Crippen LogP contribution in [-0.4, -0.2) is 34.5 Å². The smallest absolute Gasteiger partial charge is 0.180 e. The maximum Gasteiger partial charge on any atom is 0.180 e. The van der Waals surface area contributed by atoms with E-state index in [2.05, 4.69) is 22.1 Å². The summed E-state index contributed by atoms with van der Waals surface area (Å²) in [5.74, 6) is 2.70. The van der Waals surface area contributed by atoms with Gasteiger partial charge >= 0.3 is 0 Å². The predicted molar refractivity (Wildman–Crippen MR) is 77.8 cm³/mol. The molecule has 2 aromatic heterocycles. The number of nitrogens with zero attached hydrogens (tertiary/aromatic N) is 4. The van der Waals surface area contributed by atoms with Gasteiger partial charge in [0, 0.05) is 32.5 Å². The van der Waals surface area contributed by atoms with Gasteiger partial charge in [0.05, 0.1) is 6.20 Å². The van der Waals surface area contributed by atoms with Crippen LogP contribution in [0.5, 0.6) is 0 Å². The number of rotatable bonds is 4. The van der Waals surface area contributed by atoms with E-state index in [1.165, 1.54) is 19.3 Å². The van der Waals surface area contributed by atoms with Gasteiger partial charge in [0.1, 0.15) is 5.82 Å². The zero-order chi connectivity index (χ0) is 13.2. The number of imidazole rings is 1. The van der Waals surface area contributed by atoms with Gasteiger partial charge in [-0.2, -0.15) is 0 Å². The minimum absolute atomic E-state index is 0.806. The Hall–Kier alpha value is -1.78. The van der Waals surface area contributed by atoms with Gasteiger partial charge in [-0.3, -0.25) is 0 Å². The van der Waals surface area contributed by atoms with Crippen LogP contribution in [0.4, 0.5) is 11.6 Å². The summed E-state index contributed by atoms with van der Waals surface area (Å²) in [6, 6.07) is 0. The van der Waals surface area contributed by atoms with Crippen molar-refractivity contribution in [3.8, 4) is 0 Å². The first-order valence-electron chi connectivity index (χ1n) is 7.08. The SMILES string of the molecule is CCCC1CCN(c2nc(NC)cn3ccnc23)C1. The number of hydrogen-bond acceptors (Lipinski definition) is 4. The molecule has 0 aromatic carbocycles. The van der Waals surface area contributed by atoms with E-state index in [1.807, 2.05) is 30.0 Å². The molecular weight excluding hydrogens is 238 g/mol. The summed E-state index contributed by atoms with van der Waals surface area (Å²) in [7, 11) is 1.90. The van der Waals surface area contributed by atoms with Crippen LogP contribution in [0.2, 0.25) is 0 Å².